The van der Waals surface area contributed by atoms with E-state index in [1.807, 2.05) is 0 Å². The van der Waals surface area contributed by atoms with Gasteiger partial charge in [-0.15, -0.1) is 0 Å². The van der Waals surface area contributed by atoms with E-state index in [-0.39, 0.29) is 5.54 Å². The van der Waals surface area contributed by atoms with Gasteiger partial charge in [0, 0.05) is 23.9 Å². The van der Waals surface area contributed by atoms with E-state index >= 15 is 0 Å². The Labute approximate surface area is 105 Å². The van der Waals surface area contributed by atoms with Crippen molar-refractivity contribution in [1.29, 1.82) is 0 Å². The van der Waals surface area contributed by atoms with Gasteiger partial charge in [0.25, 0.3) is 0 Å². The van der Waals surface area contributed by atoms with Gasteiger partial charge < -0.3 is 5.73 Å². The van der Waals surface area contributed by atoms with Crippen molar-refractivity contribution in [2.75, 3.05) is 25.4 Å². The maximum Gasteiger partial charge on any atom is 0.0447 e. The second kappa shape index (κ2) is 6.27. The summed E-state index contributed by atoms with van der Waals surface area (Å²) in [7, 11) is 0. The molecule has 16 heavy (non-hydrogen) atoms. The van der Waals surface area contributed by atoms with Gasteiger partial charge in [-0.2, -0.15) is 11.8 Å². The zero-order valence-corrected chi connectivity index (χ0v) is 12.1. The molecule has 0 bridgehead atoms. The summed E-state index contributed by atoms with van der Waals surface area (Å²) < 4.78 is 0. The van der Waals surface area contributed by atoms with Crippen molar-refractivity contribution in [3.05, 3.63) is 0 Å². The first-order chi connectivity index (χ1) is 7.56. The molecule has 1 aliphatic heterocycles. The lowest BCUT2D eigenvalue weighted by Gasteiger charge is -2.50. The molecule has 2 nitrogen and oxygen atoms in total. The number of nitrogens with zero attached hydrogens (tertiary/aromatic N) is 1. The predicted octanol–water partition coefficient (Wildman–Crippen LogP) is 2.58. The van der Waals surface area contributed by atoms with Crippen molar-refractivity contribution in [2.45, 2.75) is 51.3 Å². The lowest BCUT2D eigenvalue weighted by Crippen LogP contribution is -2.61. The van der Waals surface area contributed by atoms with Crippen LogP contribution in [0, 0.1) is 5.92 Å². The molecule has 0 aromatic rings. The van der Waals surface area contributed by atoms with Crippen molar-refractivity contribution < 1.29 is 0 Å². The quantitative estimate of drug-likeness (QED) is 0.806. The van der Waals surface area contributed by atoms with Crippen molar-refractivity contribution in [3.8, 4) is 0 Å². The molecular formula is C13H28N2S. The highest BCUT2D eigenvalue weighted by Gasteiger charge is 2.41. The highest BCUT2D eigenvalue weighted by molar-refractivity contribution is 8.00. The fourth-order valence-corrected chi connectivity index (χ4v) is 4.21. The van der Waals surface area contributed by atoms with Crippen molar-refractivity contribution in [3.63, 3.8) is 0 Å². The predicted molar refractivity (Wildman–Crippen MR) is 75.0 cm³/mol. The Morgan fingerprint density at radius 2 is 2.19 bits per heavy atom. The fourth-order valence-electron chi connectivity index (χ4n) is 2.88. The average Bonchev–Trinajstić information content (AvgIpc) is 2.27. The second-order valence-electron chi connectivity index (χ2n) is 5.36. The van der Waals surface area contributed by atoms with Crippen LogP contribution in [0.1, 0.15) is 40.5 Å². The number of thioether (sulfide) groups is 1. The largest absolute Gasteiger partial charge is 0.329 e. The molecule has 1 rings (SSSR count). The van der Waals surface area contributed by atoms with Crippen LogP contribution in [0.25, 0.3) is 0 Å². The van der Waals surface area contributed by atoms with Crippen LogP contribution < -0.4 is 5.73 Å². The summed E-state index contributed by atoms with van der Waals surface area (Å²) in [6.45, 7) is 12.3. The van der Waals surface area contributed by atoms with E-state index in [1.54, 1.807) is 0 Å². The molecule has 0 spiro atoms. The minimum Gasteiger partial charge on any atom is -0.329 e. The van der Waals surface area contributed by atoms with Crippen LogP contribution in [0.2, 0.25) is 0 Å². The van der Waals surface area contributed by atoms with Crippen LogP contribution >= 0.6 is 11.8 Å². The molecule has 0 aliphatic carbocycles. The first-order valence-corrected chi connectivity index (χ1v) is 7.68. The molecule has 0 saturated carbocycles. The summed E-state index contributed by atoms with van der Waals surface area (Å²) >= 11 is 2.10. The normalized spacial score (nSPS) is 31.3. The molecule has 1 fully saturated rings. The van der Waals surface area contributed by atoms with Crippen LogP contribution in [0.3, 0.4) is 0 Å². The van der Waals surface area contributed by atoms with Crippen molar-refractivity contribution in [2.24, 2.45) is 11.7 Å². The van der Waals surface area contributed by atoms with Crippen molar-refractivity contribution >= 4 is 11.8 Å². The third-order valence-electron chi connectivity index (χ3n) is 3.83. The maximum atomic E-state index is 6.13. The third-order valence-corrected chi connectivity index (χ3v) is 5.29. The van der Waals surface area contributed by atoms with Gasteiger partial charge in [-0.05, 0) is 31.1 Å². The Balaban J connectivity index is 2.81. The molecule has 0 aromatic carbocycles. The standard InChI is InChI=1S/C13H28N2S/c1-5-15(9-11(2)3)13(10-14)7-6-8-16-12(13)4/h11-12H,5-10,14H2,1-4H3. The number of likely N-dealkylation sites (N-methyl/N-ethyl adjacent to an activating group) is 1. The maximum absolute atomic E-state index is 6.13. The zero-order chi connectivity index (χ0) is 12.2. The Morgan fingerprint density at radius 1 is 1.50 bits per heavy atom. The third kappa shape index (κ3) is 2.93. The fraction of sp³-hybridized carbons (Fsp3) is 1.00. The summed E-state index contributed by atoms with van der Waals surface area (Å²) in [6.07, 6.45) is 2.60. The van der Waals surface area contributed by atoms with E-state index in [0.29, 0.717) is 5.25 Å². The smallest absolute Gasteiger partial charge is 0.0447 e. The summed E-state index contributed by atoms with van der Waals surface area (Å²) in [4.78, 5) is 2.63. The Kier molecular flexibility index (Phi) is 5.62. The van der Waals surface area contributed by atoms with E-state index in [0.717, 1.165) is 19.0 Å². The first kappa shape index (κ1) is 14.3. The molecule has 2 atom stereocenters. The number of hydrogen-bond donors (Lipinski definition) is 1. The Hall–Kier alpha value is 0.270. The van der Waals surface area contributed by atoms with Gasteiger partial charge >= 0.3 is 0 Å². The van der Waals surface area contributed by atoms with Crippen LogP contribution in [-0.4, -0.2) is 41.1 Å². The van der Waals surface area contributed by atoms with Crippen LogP contribution in [0.4, 0.5) is 0 Å². The van der Waals surface area contributed by atoms with E-state index in [9.17, 15) is 0 Å². The number of nitrogens with two attached hydrogens (primary N) is 1. The Bertz CT molecular complexity index is 208. The summed E-state index contributed by atoms with van der Waals surface area (Å²) in [5.41, 5.74) is 6.38. The molecule has 1 aliphatic rings. The van der Waals surface area contributed by atoms with Crippen molar-refractivity contribution in [1.82, 2.24) is 4.90 Å². The summed E-state index contributed by atoms with van der Waals surface area (Å²) in [5.74, 6) is 2.03. The van der Waals surface area contributed by atoms with Gasteiger partial charge in [0.1, 0.15) is 0 Å². The topological polar surface area (TPSA) is 29.3 Å². The van der Waals surface area contributed by atoms with Gasteiger partial charge in [0.2, 0.25) is 0 Å². The molecular weight excluding hydrogens is 216 g/mol. The molecule has 0 amide bonds. The first-order valence-electron chi connectivity index (χ1n) is 6.63. The molecule has 1 saturated heterocycles. The zero-order valence-electron chi connectivity index (χ0n) is 11.3. The van der Waals surface area contributed by atoms with E-state index in [4.69, 9.17) is 5.73 Å². The van der Waals surface area contributed by atoms with Crippen LogP contribution in [0.15, 0.2) is 0 Å². The van der Waals surface area contributed by atoms with Gasteiger partial charge in [-0.1, -0.05) is 27.7 Å². The Morgan fingerprint density at radius 3 is 2.62 bits per heavy atom. The number of rotatable bonds is 5. The lowest BCUT2D eigenvalue weighted by atomic mass is 9.86. The van der Waals surface area contributed by atoms with Gasteiger partial charge in [0.05, 0.1) is 0 Å². The molecule has 0 radical (unpaired) electrons. The highest BCUT2D eigenvalue weighted by atomic mass is 32.2. The molecule has 96 valence electrons. The van der Waals surface area contributed by atoms with Crippen LogP contribution in [0.5, 0.6) is 0 Å². The SMILES string of the molecule is CCN(CC(C)C)C1(CN)CCCSC1C. The van der Waals surface area contributed by atoms with Crippen LogP contribution in [-0.2, 0) is 0 Å². The summed E-state index contributed by atoms with van der Waals surface area (Å²) in [6, 6.07) is 0. The minimum atomic E-state index is 0.252. The van der Waals surface area contributed by atoms with E-state index in [1.165, 1.54) is 25.1 Å². The van der Waals surface area contributed by atoms with Gasteiger partial charge in [0.15, 0.2) is 0 Å². The molecule has 0 aromatic heterocycles. The van der Waals surface area contributed by atoms with Gasteiger partial charge in [-0.3, -0.25) is 4.90 Å². The molecule has 2 N–H and O–H groups in total. The lowest BCUT2D eigenvalue weighted by molar-refractivity contribution is 0.0751. The second-order valence-corrected chi connectivity index (χ2v) is 6.81. The highest BCUT2D eigenvalue weighted by Crippen LogP contribution is 2.38. The van der Waals surface area contributed by atoms with Gasteiger partial charge in [-0.25, -0.2) is 0 Å². The summed E-state index contributed by atoms with van der Waals surface area (Å²) in [5, 5.41) is 0.671. The number of hydrogen-bond acceptors (Lipinski definition) is 3. The molecule has 3 heteroatoms. The van der Waals surface area contributed by atoms with E-state index in [2.05, 4.69) is 44.4 Å². The average molecular weight is 244 g/mol. The molecule has 1 heterocycles. The van der Waals surface area contributed by atoms with E-state index < -0.39 is 0 Å². The monoisotopic (exact) mass is 244 g/mol. The molecule has 2 unspecified atom stereocenters. The minimum absolute atomic E-state index is 0.252.